The Bertz CT molecular complexity index is 1210. The van der Waals surface area contributed by atoms with Crippen LogP contribution in [0.3, 0.4) is 0 Å². The zero-order valence-electron chi connectivity index (χ0n) is 20.1. The lowest BCUT2D eigenvalue weighted by Crippen LogP contribution is -2.51. The molecule has 6 nitrogen and oxygen atoms in total. The Kier molecular flexibility index (Phi) is 7.72. The van der Waals surface area contributed by atoms with E-state index in [-0.39, 0.29) is 18.1 Å². The summed E-state index contributed by atoms with van der Waals surface area (Å²) in [6.07, 6.45) is 0. The van der Waals surface area contributed by atoms with Gasteiger partial charge in [0.05, 0.1) is 13.1 Å². The van der Waals surface area contributed by atoms with E-state index in [2.05, 4.69) is 23.8 Å². The summed E-state index contributed by atoms with van der Waals surface area (Å²) >= 11 is 6.23. The van der Waals surface area contributed by atoms with Crippen molar-refractivity contribution < 1.29 is 18.3 Å². The maximum atomic E-state index is 14.0. The van der Waals surface area contributed by atoms with E-state index in [4.69, 9.17) is 16.3 Å². The first-order valence-corrected chi connectivity index (χ1v) is 12.0. The molecule has 1 aromatic heterocycles. The van der Waals surface area contributed by atoms with Crippen molar-refractivity contribution in [3.63, 3.8) is 0 Å². The number of hydrogen-bond donors (Lipinski definition) is 0. The van der Waals surface area contributed by atoms with E-state index < -0.39 is 11.6 Å². The van der Waals surface area contributed by atoms with Crippen LogP contribution in [0.5, 0.6) is 5.75 Å². The Morgan fingerprint density at radius 2 is 1.89 bits per heavy atom. The van der Waals surface area contributed by atoms with Gasteiger partial charge in [0.2, 0.25) is 5.91 Å². The lowest BCUT2D eigenvalue weighted by molar-refractivity contribution is -0.121. The second-order valence-corrected chi connectivity index (χ2v) is 9.69. The van der Waals surface area contributed by atoms with Crippen LogP contribution in [-0.4, -0.2) is 46.8 Å². The quantitative estimate of drug-likeness (QED) is 0.432. The van der Waals surface area contributed by atoms with Gasteiger partial charge in [-0.3, -0.25) is 19.3 Å². The van der Waals surface area contributed by atoms with Crippen molar-refractivity contribution in [2.24, 2.45) is 5.92 Å². The van der Waals surface area contributed by atoms with Crippen molar-refractivity contribution in [3.05, 3.63) is 75.9 Å². The first kappa shape index (κ1) is 25.1. The summed E-state index contributed by atoms with van der Waals surface area (Å²) in [7, 11) is 0. The molecule has 186 valence electrons. The molecule has 4 rings (SSSR count). The average molecular weight is 503 g/mol. The van der Waals surface area contributed by atoms with Crippen molar-refractivity contribution in [2.45, 2.75) is 33.9 Å². The third-order valence-corrected chi connectivity index (χ3v) is 6.14. The number of hydrogen-bond acceptors (Lipinski definition) is 4. The number of aromatic nitrogens is 2. The van der Waals surface area contributed by atoms with E-state index in [1.54, 1.807) is 27.8 Å². The van der Waals surface area contributed by atoms with Gasteiger partial charge < -0.3 is 4.74 Å². The van der Waals surface area contributed by atoms with Crippen LogP contribution in [0.2, 0.25) is 5.02 Å². The molecule has 0 unspecified atom stereocenters. The zero-order chi connectivity index (χ0) is 25.1. The van der Waals surface area contributed by atoms with Gasteiger partial charge in [0.25, 0.3) is 0 Å². The fraction of sp³-hybridized carbons (Fsp3) is 0.385. The zero-order valence-corrected chi connectivity index (χ0v) is 20.9. The Morgan fingerprint density at radius 1 is 1.09 bits per heavy atom. The van der Waals surface area contributed by atoms with Crippen LogP contribution in [0.4, 0.5) is 14.6 Å². The summed E-state index contributed by atoms with van der Waals surface area (Å²) in [4.78, 5) is 16.7. The summed E-state index contributed by atoms with van der Waals surface area (Å²) in [5.74, 6) is 0.385. The van der Waals surface area contributed by atoms with Gasteiger partial charge in [0.1, 0.15) is 24.0 Å². The fourth-order valence-corrected chi connectivity index (χ4v) is 4.38. The molecular formula is C26H29ClF2N4O2. The number of carbonyl (C=O) groups is 1. The first-order chi connectivity index (χ1) is 16.7. The topological polar surface area (TPSA) is 50.6 Å². The molecule has 2 heterocycles. The normalized spacial score (nSPS) is 14.7. The van der Waals surface area contributed by atoms with Crippen LogP contribution in [0.15, 0.2) is 42.5 Å². The van der Waals surface area contributed by atoms with E-state index in [1.807, 2.05) is 13.0 Å². The standard InChI is InChI=1S/C26H29ClF2N4O2/c1-17(2)13-31-8-9-32(26(34)15-31)25-10-18(3)33(30-25)14-20-11-21(27)5-7-24(20)35-16-19-4-6-22(28)12-23(19)29/h4-7,10-12,17H,8-9,13-16H2,1-3H3. The van der Waals surface area contributed by atoms with Gasteiger partial charge >= 0.3 is 0 Å². The maximum absolute atomic E-state index is 14.0. The molecule has 3 aromatic rings. The molecule has 0 radical (unpaired) electrons. The molecule has 0 aliphatic carbocycles. The van der Waals surface area contributed by atoms with Crippen molar-refractivity contribution in [1.29, 1.82) is 0 Å². The summed E-state index contributed by atoms with van der Waals surface area (Å²) in [5, 5.41) is 5.21. The van der Waals surface area contributed by atoms with Gasteiger partial charge in [-0.2, -0.15) is 5.10 Å². The first-order valence-electron chi connectivity index (χ1n) is 11.6. The number of piperazine rings is 1. The number of benzene rings is 2. The molecule has 1 amide bonds. The Morgan fingerprint density at radius 3 is 2.60 bits per heavy atom. The van der Waals surface area contributed by atoms with Crippen LogP contribution < -0.4 is 9.64 Å². The summed E-state index contributed by atoms with van der Waals surface area (Å²) in [6.45, 7) is 9.20. The molecule has 0 bridgehead atoms. The Labute approximate surface area is 209 Å². The highest BCUT2D eigenvalue weighted by Gasteiger charge is 2.27. The average Bonchev–Trinajstić information content (AvgIpc) is 3.13. The SMILES string of the molecule is Cc1cc(N2CCN(CC(C)C)CC2=O)nn1Cc1cc(Cl)ccc1OCc1ccc(F)cc1F. The van der Waals surface area contributed by atoms with Crippen LogP contribution >= 0.6 is 11.6 Å². The molecule has 0 N–H and O–H groups in total. The predicted octanol–water partition coefficient (Wildman–Crippen LogP) is 5.06. The van der Waals surface area contributed by atoms with E-state index in [1.165, 1.54) is 12.1 Å². The predicted molar refractivity (Wildman–Crippen MR) is 132 cm³/mol. The number of ether oxygens (including phenoxy) is 1. The van der Waals surface area contributed by atoms with Gasteiger partial charge in [-0.15, -0.1) is 0 Å². The minimum atomic E-state index is -0.661. The summed E-state index contributed by atoms with van der Waals surface area (Å²) < 4.78 is 34.9. The van der Waals surface area contributed by atoms with E-state index in [0.717, 1.165) is 30.4 Å². The number of halogens is 3. The van der Waals surface area contributed by atoms with E-state index >= 15 is 0 Å². The Balaban J connectivity index is 1.49. The molecule has 1 fully saturated rings. The van der Waals surface area contributed by atoms with Crippen molar-refractivity contribution in [2.75, 3.05) is 31.1 Å². The lowest BCUT2D eigenvalue weighted by atomic mass is 10.2. The van der Waals surface area contributed by atoms with Crippen molar-refractivity contribution in [1.82, 2.24) is 14.7 Å². The van der Waals surface area contributed by atoms with Crippen LogP contribution in [0.25, 0.3) is 0 Å². The smallest absolute Gasteiger partial charge is 0.242 e. The summed E-state index contributed by atoms with van der Waals surface area (Å²) in [5.41, 5.74) is 1.89. The highest BCUT2D eigenvalue weighted by Crippen LogP contribution is 2.27. The number of nitrogens with zero attached hydrogens (tertiary/aromatic N) is 4. The highest BCUT2D eigenvalue weighted by atomic mass is 35.5. The molecule has 2 aromatic carbocycles. The molecule has 9 heteroatoms. The molecule has 0 spiro atoms. The number of carbonyl (C=O) groups excluding carboxylic acids is 1. The number of aryl methyl sites for hydroxylation is 1. The maximum Gasteiger partial charge on any atom is 0.242 e. The minimum absolute atomic E-state index is 0.0367. The lowest BCUT2D eigenvalue weighted by Gasteiger charge is -2.33. The molecule has 1 aliphatic rings. The van der Waals surface area contributed by atoms with Gasteiger partial charge in [-0.05, 0) is 43.2 Å². The van der Waals surface area contributed by atoms with Crippen LogP contribution in [-0.2, 0) is 17.9 Å². The third kappa shape index (κ3) is 6.18. The Hall–Kier alpha value is -2.97. The third-order valence-electron chi connectivity index (χ3n) is 5.91. The number of amides is 1. The van der Waals surface area contributed by atoms with Gasteiger partial charge in [-0.25, -0.2) is 8.78 Å². The second kappa shape index (κ2) is 10.7. The monoisotopic (exact) mass is 502 g/mol. The molecule has 0 saturated carbocycles. The van der Waals surface area contributed by atoms with Gasteiger partial charge in [0.15, 0.2) is 5.82 Å². The van der Waals surface area contributed by atoms with Crippen LogP contribution in [0.1, 0.15) is 30.7 Å². The highest BCUT2D eigenvalue weighted by molar-refractivity contribution is 6.30. The van der Waals surface area contributed by atoms with E-state index in [0.29, 0.717) is 42.1 Å². The van der Waals surface area contributed by atoms with Crippen molar-refractivity contribution >= 4 is 23.3 Å². The largest absolute Gasteiger partial charge is 0.488 e. The molecular weight excluding hydrogens is 474 g/mol. The fourth-order valence-electron chi connectivity index (χ4n) is 4.19. The number of anilines is 1. The summed E-state index contributed by atoms with van der Waals surface area (Å²) in [6, 6.07) is 10.5. The van der Waals surface area contributed by atoms with Gasteiger partial charge in [-0.1, -0.05) is 25.4 Å². The van der Waals surface area contributed by atoms with Gasteiger partial charge in [0, 0.05) is 53.6 Å². The minimum Gasteiger partial charge on any atom is -0.488 e. The second-order valence-electron chi connectivity index (χ2n) is 9.25. The van der Waals surface area contributed by atoms with E-state index in [9.17, 15) is 13.6 Å². The molecule has 35 heavy (non-hydrogen) atoms. The van der Waals surface area contributed by atoms with Crippen molar-refractivity contribution in [3.8, 4) is 5.75 Å². The molecule has 1 aliphatic heterocycles. The number of rotatable bonds is 8. The van der Waals surface area contributed by atoms with Crippen LogP contribution in [0, 0.1) is 24.5 Å². The molecule has 0 atom stereocenters. The molecule has 1 saturated heterocycles.